The summed E-state index contributed by atoms with van der Waals surface area (Å²) in [7, 11) is 0. The molecule has 1 saturated carbocycles. The molecule has 0 spiro atoms. The molecule has 1 aliphatic carbocycles. The van der Waals surface area contributed by atoms with Gasteiger partial charge in [0.25, 0.3) is 0 Å². The molecule has 0 N–H and O–H groups in total. The molecule has 0 aromatic heterocycles. The Morgan fingerprint density at radius 1 is 0.808 bits per heavy atom. The van der Waals surface area contributed by atoms with Crippen LogP contribution in [0, 0.1) is 0 Å². The van der Waals surface area contributed by atoms with E-state index in [0.717, 1.165) is 37.7 Å². The van der Waals surface area contributed by atoms with Crippen LogP contribution in [0.15, 0.2) is 54.6 Å². The van der Waals surface area contributed by atoms with E-state index < -0.39 is 12.1 Å². The molecule has 0 atom stereocenters. The van der Waals surface area contributed by atoms with Crippen molar-refractivity contribution in [2.75, 3.05) is 0 Å². The van der Waals surface area contributed by atoms with E-state index in [9.17, 15) is 9.59 Å². The Balaban J connectivity index is 1.53. The minimum Gasteiger partial charge on any atom is -0.429 e. The lowest BCUT2D eigenvalue weighted by molar-refractivity contribution is -0.453. The minimum atomic E-state index is -1.01. The molecule has 2 aromatic rings. The van der Waals surface area contributed by atoms with Crippen molar-refractivity contribution in [3.8, 4) is 11.1 Å². The molecule has 26 heavy (non-hydrogen) atoms. The van der Waals surface area contributed by atoms with Crippen LogP contribution in [0.4, 0.5) is 4.79 Å². The van der Waals surface area contributed by atoms with Gasteiger partial charge in [0.15, 0.2) is 0 Å². The van der Waals surface area contributed by atoms with Gasteiger partial charge in [-0.25, -0.2) is 14.5 Å². The highest BCUT2D eigenvalue weighted by Crippen LogP contribution is 2.24. The van der Waals surface area contributed by atoms with Crippen LogP contribution in [-0.4, -0.2) is 18.2 Å². The third-order valence-electron chi connectivity index (χ3n) is 4.26. The predicted octanol–water partition coefficient (Wildman–Crippen LogP) is 4.84. The van der Waals surface area contributed by atoms with E-state index in [1.54, 1.807) is 18.2 Å². The monoisotopic (exact) mass is 356 g/mol. The van der Waals surface area contributed by atoms with Gasteiger partial charge in [-0.1, -0.05) is 55.0 Å². The van der Waals surface area contributed by atoms with E-state index in [-0.39, 0.29) is 6.10 Å². The summed E-state index contributed by atoms with van der Waals surface area (Å²) in [6, 6.07) is 16.3. The highest BCUT2D eigenvalue weighted by molar-refractivity contribution is 5.96. The molecule has 6 nitrogen and oxygen atoms in total. The number of benzene rings is 2. The Labute approximate surface area is 151 Å². The topological polar surface area (TPSA) is 71.1 Å². The van der Waals surface area contributed by atoms with Crippen LogP contribution in [0.2, 0.25) is 0 Å². The zero-order valence-corrected chi connectivity index (χ0v) is 14.3. The van der Waals surface area contributed by atoms with Gasteiger partial charge in [0.1, 0.15) is 6.10 Å². The van der Waals surface area contributed by atoms with Gasteiger partial charge < -0.3 is 4.74 Å². The van der Waals surface area contributed by atoms with Gasteiger partial charge in [0.05, 0.1) is 10.6 Å². The number of carbonyl (C=O) groups excluding carboxylic acids is 2. The summed E-state index contributed by atoms with van der Waals surface area (Å²) in [5.41, 5.74) is 1.84. The maximum atomic E-state index is 12.2. The van der Waals surface area contributed by atoms with Gasteiger partial charge in [-0.05, 0) is 42.9 Å². The number of ether oxygens (including phenoxy) is 1. The molecule has 0 heterocycles. The lowest BCUT2D eigenvalue weighted by atomic mass is 9.98. The Bertz CT molecular complexity index is 737. The first-order valence-corrected chi connectivity index (χ1v) is 8.64. The van der Waals surface area contributed by atoms with Crippen molar-refractivity contribution < 1.29 is 29.1 Å². The molecule has 136 valence electrons. The van der Waals surface area contributed by atoms with E-state index in [1.807, 2.05) is 36.4 Å². The summed E-state index contributed by atoms with van der Waals surface area (Å²) in [4.78, 5) is 32.8. The van der Waals surface area contributed by atoms with Crippen LogP contribution in [0.3, 0.4) is 0 Å². The van der Waals surface area contributed by atoms with Crippen molar-refractivity contribution >= 4 is 12.1 Å². The second kappa shape index (κ2) is 9.01. The molecule has 0 saturated heterocycles. The van der Waals surface area contributed by atoms with Gasteiger partial charge in [-0.3, -0.25) is 4.89 Å². The fourth-order valence-electron chi connectivity index (χ4n) is 2.99. The fourth-order valence-corrected chi connectivity index (χ4v) is 2.99. The Morgan fingerprint density at radius 3 is 2.27 bits per heavy atom. The van der Waals surface area contributed by atoms with Crippen molar-refractivity contribution in [3.05, 3.63) is 60.2 Å². The molecule has 0 amide bonds. The molecule has 0 aliphatic heterocycles. The van der Waals surface area contributed by atoms with E-state index in [0.29, 0.717) is 11.1 Å². The first-order valence-electron chi connectivity index (χ1n) is 8.64. The Morgan fingerprint density at radius 2 is 1.50 bits per heavy atom. The van der Waals surface area contributed by atoms with E-state index in [4.69, 9.17) is 4.74 Å². The number of hydrogen-bond acceptors (Lipinski definition) is 6. The smallest absolute Gasteiger partial charge is 0.429 e. The average molecular weight is 356 g/mol. The molecule has 0 bridgehead atoms. The van der Waals surface area contributed by atoms with Crippen molar-refractivity contribution in [2.45, 2.75) is 38.2 Å². The minimum absolute atomic E-state index is 0.172. The van der Waals surface area contributed by atoms with Gasteiger partial charge >= 0.3 is 12.1 Å². The van der Waals surface area contributed by atoms with Crippen LogP contribution < -0.4 is 0 Å². The van der Waals surface area contributed by atoms with Crippen molar-refractivity contribution in [1.29, 1.82) is 0 Å². The van der Waals surface area contributed by atoms with Crippen molar-refractivity contribution in [1.82, 2.24) is 0 Å². The number of rotatable bonds is 5. The average Bonchev–Trinajstić information content (AvgIpc) is 2.69. The molecule has 0 radical (unpaired) electrons. The van der Waals surface area contributed by atoms with Crippen LogP contribution >= 0.6 is 0 Å². The molecule has 1 aliphatic rings. The van der Waals surface area contributed by atoms with Crippen LogP contribution in [-0.2, 0) is 19.6 Å². The summed E-state index contributed by atoms with van der Waals surface area (Å²) in [5.74, 6) is -0.769. The summed E-state index contributed by atoms with van der Waals surface area (Å²) in [6.07, 6.45) is 3.60. The van der Waals surface area contributed by atoms with Crippen LogP contribution in [0.5, 0.6) is 0 Å². The second-order valence-electron chi connectivity index (χ2n) is 6.06. The van der Waals surface area contributed by atoms with Gasteiger partial charge in [-0.2, -0.15) is 0 Å². The summed E-state index contributed by atoms with van der Waals surface area (Å²) >= 11 is 0. The maximum Gasteiger partial charge on any atom is 0.543 e. The second-order valence-corrected chi connectivity index (χ2v) is 6.06. The summed E-state index contributed by atoms with van der Waals surface area (Å²) in [5, 5.41) is 4.32. The summed E-state index contributed by atoms with van der Waals surface area (Å²) in [6.45, 7) is 0. The molecule has 6 heteroatoms. The third-order valence-corrected chi connectivity index (χ3v) is 4.26. The quantitative estimate of drug-likeness (QED) is 0.433. The number of hydrogen-bond donors (Lipinski definition) is 0. The Hall–Kier alpha value is -2.86. The fraction of sp³-hybridized carbons (Fsp3) is 0.300. The van der Waals surface area contributed by atoms with Crippen molar-refractivity contribution in [2.24, 2.45) is 0 Å². The Kier molecular flexibility index (Phi) is 6.22. The molecule has 2 aromatic carbocycles. The summed E-state index contributed by atoms with van der Waals surface area (Å²) < 4.78 is 5.09. The van der Waals surface area contributed by atoms with E-state index in [2.05, 4.69) is 14.8 Å². The first kappa shape index (κ1) is 17.9. The van der Waals surface area contributed by atoms with E-state index in [1.165, 1.54) is 0 Å². The molecule has 0 unspecified atom stereocenters. The zero-order chi connectivity index (χ0) is 18.2. The molecular weight excluding hydrogens is 336 g/mol. The van der Waals surface area contributed by atoms with Gasteiger partial charge in [0, 0.05) is 0 Å². The van der Waals surface area contributed by atoms with Crippen LogP contribution in [0.25, 0.3) is 11.1 Å². The maximum absolute atomic E-state index is 12.2. The first-order chi connectivity index (χ1) is 12.7. The largest absolute Gasteiger partial charge is 0.543 e. The highest BCUT2D eigenvalue weighted by Gasteiger charge is 2.21. The van der Waals surface area contributed by atoms with E-state index >= 15 is 0 Å². The lowest BCUT2D eigenvalue weighted by Gasteiger charge is -2.20. The number of carbonyl (C=O) groups is 2. The zero-order valence-electron chi connectivity index (χ0n) is 14.3. The van der Waals surface area contributed by atoms with Crippen LogP contribution in [0.1, 0.15) is 42.5 Å². The standard InChI is InChI=1S/C20H20O6/c21-19(24-26-25-20(22)23-16-11-5-2-6-12-16)18-14-8-7-13-17(18)15-9-3-1-4-10-15/h1,3-4,7-10,13-14,16H,2,5-6,11-12H2. The predicted molar refractivity (Wildman–Crippen MR) is 92.8 cm³/mol. The lowest BCUT2D eigenvalue weighted by Crippen LogP contribution is -2.22. The highest BCUT2D eigenvalue weighted by atomic mass is 17.5. The van der Waals surface area contributed by atoms with Gasteiger partial charge in [0.2, 0.25) is 0 Å². The normalized spacial score (nSPS) is 14.5. The van der Waals surface area contributed by atoms with Crippen molar-refractivity contribution in [3.63, 3.8) is 0 Å². The third kappa shape index (κ3) is 4.83. The molecular formula is C20H20O6. The molecule has 3 rings (SSSR count). The van der Waals surface area contributed by atoms with Gasteiger partial charge in [-0.15, -0.1) is 0 Å². The SMILES string of the molecule is O=C(OOOC(=O)c1ccccc1-c1ccccc1)OC1CCCCC1. The molecule has 1 fully saturated rings.